The van der Waals surface area contributed by atoms with Crippen molar-refractivity contribution in [3.8, 4) is 0 Å². The third-order valence-electron chi connectivity index (χ3n) is 2.74. The molecule has 1 saturated heterocycles. The molecule has 1 amide bonds. The quantitative estimate of drug-likeness (QED) is 0.378. The summed E-state index contributed by atoms with van der Waals surface area (Å²) < 4.78 is 0. The van der Waals surface area contributed by atoms with E-state index in [1.807, 2.05) is 18.2 Å². The van der Waals surface area contributed by atoms with Crippen LogP contribution in [-0.4, -0.2) is 54.5 Å². The number of nitrogens with two attached hydrogens (primary N) is 1. The zero-order chi connectivity index (χ0) is 13.5. The summed E-state index contributed by atoms with van der Waals surface area (Å²) in [7, 11) is 0. The van der Waals surface area contributed by atoms with E-state index in [2.05, 4.69) is 25.5 Å². The van der Waals surface area contributed by atoms with Gasteiger partial charge in [0.2, 0.25) is 5.91 Å². The van der Waals surface area contributed by atoms with Crippen molar-refractivity contribution in [3.05, 3.63) is 24.4 Å². The number of rotatable bonds is 4. The molecule has 20 heavy (non-hydrogen) atoms. The molecule has 0 spiro atoms. The van der Waals surface area contributed by atoms with Gasteiger partial charge in [-0.15, -0.1) is 24.0 Å². The van der Waals surface area contributed by atoms with Crippen molar-refractivity contribution >= 4 is 41.7 Å². The van der Waals surface area contributed by atoms with Crippen LogP contribution in [0, 0.1) is 0 Å². The van der Waals surface area contributed by atoms with Gasteiger partial charge >= 0.3 is 0 Å². The van der Waals surface area contributed by atoms with Crippen molar-refractivity contribution in [2.45, 2.75) is 0 Å². The van der Waals surface area contributed by atoms with Crippen LogP contribution in [-0.2, 0) is 4.79 Å². The number of pyridine rings is 1. The molecule has 0 aliphatic carbocycles. The highest BCUT2D eigenvalue weighted by molar-refractivity contribution is 14.0. The van der Waals surface area contributed by atoms with E-state index in [4.69, 9.17) is 5.73 Å². The highest BCUT2D eigenvalue weighted by Gasteiger charge is 2.14. The molecule has 0 saturated carbocycles. The van der Waals surface area contributed by atoms with E-state index in [1.54, 1.807) is 6.20 Å². The number of carbonyl (C=O) groups is 1. The molecular formula is C12H19IN6O. The molecule has 0 radical (unpaired) electrons. The van der Waals surface area contributed by atoms with Gasteiger partial charge in [-0.2, -0.15) is 0 Å². The van der Waals surface area contributed by atoms with E-state index < -0.39 is 0 Å². The lowest BCUT2D eigenvalue weighted by Crippen LogP contribution is -2.48. The van der Waals surface area contributed by atoms with Crippen molar-refractivity contribution in [2.24, 2.45) is 10.7 Å². The summed E-state index contributed by atoms with van der Waals surface area (Å²) in [6, 6.07) is 5.52. The Balaban J connectivity index is 0.00000200. The summed E-state index contributed by atoms with van der Waals surface area (Å²) in [5.74, 6) is 1.07. The lowest BCUT2D eigenvalue weighted by atomic mass is 10.3. The molecule has 4 N–H and O–H groups in total. The van der Waals surface area contributed by atoms with Crippen LogP contribution in [0.2, 0.25) is 0 Å². The second kappa shape index (κ2) is 8.69. The van der Waals surface area contributed by atoms with Gasteiger partial charge in [-0.3, -0.25) is 14.7 Å². The van der Waals surface area contributed by atoms with Crippen LogP contribution in [0.1, 0.15) is 0 Å². The zero-order valence-corrected chi connectivity index (χ0v) is 13.4. The third kappa shape index (κ3) is 5.70. The predicted octanol–water partition coefficient (Wildman–Crippen LogP) is -0.142. The number of hydrogen-bond donors (Lipinski definition) is 3. The SMILES string of the molecule is I.NC(=NCCN1CCNC(=O)C1)Nc1ccccn1. The number of anilines is 1. The lowest BCUT2D eigenvalue weighted by Gasteiger charge is -2.25. The Kier molecular flexibility index (Phi) is 7.23. The molecule has 7 nitrogen and oxygen atoms in total. The number of piperazine rings is 1. The van der Waals surface area contributed by atoms with Gasteiger partial charge in [0.1, 0.15) is 5.82 Å². The van der Waals surface area contributed by atoms with Crippen LogP contribution >= 0.6 is 24.0 Å². The summed E-state index contributed by atoms with van der Waals surface area (Å²) in [5.41, 5.74) is 5.75. The van der Waals surface area contributed by atoms with Gasteiger partial charge in [-0.25, -0.2) is 4.98 Å². The highest BCUT2D eigenvalue weighted by atomic mass is 127. The van der Waals surface area contributed by atoms with E-state index in [0.29, 0.717) is 31.4 Å². The summed E-state index contributed by atoms with van der Waals surface area (Å²) in [6.45, 7) is 3.26. The van der Waals surface area contributed by atoms with E-state index in [0.717, 1.165) is 13.1 Å². The van der Waals surface area contributed by atoms with Crippen LogP contribution in [0.5, 0.6) is 0 Å². The molecule has 1 aromatic rings. The Morgan fingerprint density at radius 3 is 3.10 bits per heavy atom. The molecule has 110 valence electrons. The molecule has 8 heteroatoms. The number of guanidine groups is 1. The largest absolute Gasteiger partial charge is 0.370 e. The van der Waals surface area contributed by atoms with Gasteiger partial charge in [-0.05, 0) is 12.1 Å². The number of aliphatic imine (C=N–C) groups is 1. The van der Waals surface area contributed by atoms with E-state index >= 15 is 0 Å². The van der Waals surface area contributed by atoms with Gasteiger partial charge in [0, 0.05) is 25.8 Å². The van der Waals surface area contributed by atoms with E-state index in [9.17, 15) is 4.79 Å². The van der Waals surface area contributed by atoms with Crippen molar-refractivity contribution in [1.82, 2.24) is 15.2 Å². The molecule has 0 atom stereocenters. The average molecular weight is 390 g/mol. The molecular weight excluding hydrogens is 371 g/mol. The second-order valence-corrected chi connectivity index (χ2v) is 4.23. The maximum absolute atomic E-state index is 11.2. The van der Waals surface area contributed by atoms with E-state index in [1.165, 1.54) is 0 Å². The summed E-state index contributed by atoms with van der Waals surface area (Å²) in [4.78, 5) is 21.5. The van der Waals surface area contributed by atoms with Crippen molar-refractivity contribution in [3.63, 3.8) is 0 Å². The van der Waals surface area contributed by atoms with Gasteiger partial charge < -0.3 is 16.4 Å². The topological polar surface area (TPSA) is 95.6 Å². The summed E-state index contributed by atoms with van der Waals surface area (Å²) in [6.07, 6.45) is 1.68. The first-order chi connectivity index (χ1) is 9.24. The Hall–Kier alpha value is -1.42. The van der Waals surface area contributed by atoms with Crippen molar-refractivity contribution in [1.29, 1.82) is 0 Å². The maximum Gasteiger partial charge on any atom is 0.234 e. The summed E-state index contributed by atoms with van der Waals surface area (Å²) in [5, 5.41) is 5.69. The standard InChI is InChI=1S/C12H18N6O.HI/c13-12(17-10-3-1-2-4-14-10)16-6-8-18-7-5-15-11(19)9-18;/h1-4H,5-9H2,(H,15,19)(H3,13,14,16,17);1H. The molecule has 0 aromatic carbocycles. The molecule has 1 aliphatic rings. The fourth-order valence-electron chi connectivity index (χ4n) is 1.80. The van der Waals surface area contributed by atoms with E-state index in [-0.39, 0.29) is 29.9 Å². The Morgan fingerprint density at radius 1 is 1.55 bits per heavy atom. The van der Waals surface area contributed by atoms with Crippen LogP contribution < -0.4 is 16.4 Å². The molecule has 2 heterocycles. The first-order valence-corrected chi connectivity index (χ1v) is 6.21. The minimum Gasteiger partial charge on any atom is -0.370 e. The van der Waals surface area contributed by atoms with Crippen LogP contribution in [0.3, 0.4) is 0 Å². The molecule has 1 fully saturated rings. The van der Waals surface area contributed by atoms with Crippen LogP contribution in [0.25, 0.3) is 0 Å². The fraction of sp³-hybridized carbons (Fsp3) is 0.417. The number of amides is 1. The Labute approximate surface area is 135 Å². The van der Waals surface area contributed by atoms with Gasteiger partial charge in [0.25, 0.3) is 0 Å². The molecule has 0 unspecified atom stereocenters. The fourth-order valence-corrected chi connectivity index (χ4v) is 1.80. The average Bonchev–Trinajstić information content (AvgIpc) is 2.40. The first-order valence-electron chi connectivity index (χ1n) is 6.21. The predicted molar refractivity (Wildman–Crippen MR) is 89.2 cm³/mol. The normalized spacial score (nSPS) is 16.2. The number of halogens is 1. The zero-order valence-electron chi connectivity index (χ0n) is 11.1. The number of hydrogen-bond acceptors (Lipinski definition) is 4. The van der Waals surface area contributed by atoms with Crippen molar-refractivity contribution < 1.29 is 4.79 Å². The van der Waals surface area contributed by atoms with Crippen LogP contribution in [0.4, 0.5) is 5.82 Å². The molecule has 1 aromatic heterocycles. The monoisotopic (exact) mass is 390 g/mol. The molecule has 1 aliphatic heterocycles. The number of nitrogens with one attached hydrogen (secondary N) is 2. The minimum absolute atomic E-state index is 0. The van der Waals surface area contributed by atoms with Crippen LogP contribution in [0.15, 0.2) is 29.4 Å². The van der Waals surface area contributed by atoms with Gasteiger partial charge in [-0.1, -0.05) is 6.07 Å². The highest BCUT2D eigenvalue weighted by Crippen LogP contribution is 1.98. The number of carbonyl (C=O) groups excluding carboxylic acids is 1. The minimum atomic E-state index is 0. The van der Waals surface area contributed by atoms with Crippen molar-refractivity contribution in [2.75, 3.05) is 38.0 Å². The Bertz CT molecular complexity index is 453. The van der Waals surface area contributed by atoms with Gasteiger partial charge in [0.15, 0.2) is 5.96 Å². The Morgan fingerprint density at radius 2 is 2.40 bits per heavy atom. The lowest BCUT2D eigenvalue weighted by molar-refractivity contribution is -0.124. The number of nitrogens with zero attached hydrogens (tertiary/aromatic N) is 3. The number of aromatic nitrogens is 1. The third-order valence-corrected chi connectivity index (χ3v) is 2.74. The maximum atomic E-state index is 11.2. The van der Waals surface area contributed by atoms with Gasteiger partial charge in [0.05, 0.1) is 13.1 Å². The smallest absolute Gasteiger partial charge is 0.234 e. The second-order valence-electron chi connectivity index (χ2n) is 4.23. The molecule has 2 rings (SSSR count). The molecule has 0 bridgehead atoms. The first kappa shape index (κ1) is 16.6. The summed E-state index contributed by atoms with van der Waals surface area (Å²) >= 11 is 0.